The van der Waals surface area contributed by atoms with E-state index in [2.05, 4.69) is 15.9 Å². The van der Waals surface area contributed by atoms with Crippen molar-refractivity contribution >= 4 is 15.9 Å². The van der Waals surface area contributed by atoms with Crippen LogP contribution in [0.4, 0.5) is 0 Å². The van der Waals surface area contributed by atoms with Gasteiger partial charge in [-0.2, -0.15) is 0 Å². The van der Waals surface area contributed by atoms with Crippen LogP contribution in [0.3, 0.4) is 0 Å². The standard InChI is InChI=1S/C7H11Br/c8-6-2-5-7(6)3-1-4-7/h6H,1-5H2. The summed E-state index contributed by atoms with van der Waals surface area (Å²) < 4.78 is 0. The molecule has 46 valence electrons. The van der Waals surface area contributed by atoms with Crippen molar-refractivity contribution in [3.63, 3.8) is 0 Å². The number of alkyl halides is 1. The first kappa shape index (κ1) is 5.28. The van der Waals surface area contributed by atoms with E-state index < -0.39 is 0 Å². The van der Waals surface area contributed by atoms with Gasteiger partial charge in [0.25, 0.3) is 0 Å². The molecule has 8 heavy (non-hydrogen) atoms. The average Bonchev–Trinajstić information content (AvgIpc) is 1.58. The molecule has 0 amide bonds. The summed E-state index contributed by atoms with van der Waals surface area (Å²) in [4.78, 5) is 0.892. The van der Waals surface area contributed by atoms with Crippen molar-refractivity contribution in [3.05, 3.63) is 0 Å². The minimum Gasteiger partial charge on any atom is -0.0885 e. The molecule has 0 aromatic heterocycles. The largest absolute Gasteiger partial charge is 0.0885 e. The molecule has 0 saturated heterocycles. The van der Waals surface area contributed by atoms with Crippen LogP contribution >= 0.6 is 15.9 Å². The van der Waals surface area contributed by atoms with Crippen LogP contribution in [0.1, 0.15) is 32.1 Å². The Hall–Kier alpha value is 0.480. The predicted octanol–water partition coefficient (Wildman–Crippen LogP) is 2.71. The van der Waals surface area contributed by atoms with Gasteiger partial charge in [-0.3, -0.25) is 0 Å². The first-order chi connectivity index (χ1) is 3.83. The fourth-order valence-corrected chi connectivity index (χ4v) is 2.77. The molecule has 0 aliphatic heterocycles. The van der Waals surface area contributed by atoms with Gasteiger partial charge in [-0.1, -0.05) is 22.4 Å². The molecule has 1 spiro atoms. The van der Waals surface area contributed by atoms with Gasteiger partial charge >= 0.3 is 0 Å². The van der Waals surface area contributed by atoms with Crippen LogP contribution in [0.2, 0.25) is 0 Å². The minimum absolute atomic E-state index is 0.819. The Morgan fingerprint density at radius 1 is 1.25 bits per heavy atom. The lowest BCUT2D eigenvalue weighted by Crippen LogP contribution is -2.46. The molecule has 2 fully saturated rings. The summed E-state index contributed by atoms with van der Waals surface area (Å²) in [6.45, 7) is 0. The van der Waals surface area contributed by atoms with Crippen molar-refractivity contribution in [2.24, 2.45) is 5.41 Å². The van der Waals surface area contributed by atoms with E-state index in [0.717, 1.165) is 10.2 Å². The summed E-state index contributed by atoms with van der Waals surface area (Å²) in [6.07, 6.45) is 7.43. The first-order valence-corrected chi connectivity index (χ1v) is 4.39. The SMILES string of the molecule is BrC1CCC12CCC2. The van der Waals surface area contributed by atoms with Crippen molar-refractivity contribution in [1.82, 2.24) is 0 Å². The summed E-state index contributed by atoms with van der Waals surface area (Å²) in [6, 6.07) is 0. The van der Waals surface area contributed by atoms with Crippen molar-refractivity contribution < 1.29 is 0 Å². The van der Waals surface area contributed by atoms with E-state index in [1.54, 1.807) is 0 Å². The molecule has 2 aliphatic rings. The van der Waals surface area contributed by atoms with E-state index >= 15 is 0 Å². The molecule has 0 bridgehead atoms. The lowest BCUT2D eigenvalue weighted by molar-refractivity contribution is 0.0450. The van der Waals surface area contributed by atoms with Gasteiger partial charge in [0.2, 0.25) is 0 Å². The highest BCUT2D eigenvalue weighted by molar-refractivity contribution is 9.09. The molecule has 1 heteroatoms. The minimum atomic E-state index is 0.819. The Bertz CT molecular complexity index is 99.4. The Labute approximate surface area is 58.8 Å². The smallest absolute Gasteiger partial charge is 0.0202 e. The number of hydrogen-bond acceptors (Lipinski definition) is 0. The van der Waals surface area contributed by atoms with Gasteiger partial charge in [0.05, 0.1) is 0 Å². The molecular weight excluding hydrogens is 164 g/mol. The zero-order valence-corrected chi connectivity index (χ0v) is 6.58. The fourth-order valence-electron chi connectivity index (χ4n) is 1.86. The molecule has 1 unspecified atom stereocenters. The van der Waals surface area contributed by atoms with Gasteiger partial charge in [0.15, 0.2) is 0 Å². The van der Waals surface area contributed by atoms with E-state index in [0.29, 0.717) is 0 Å². The summed E-state index contributed by atoms with van der Waals surface area (Å²) in [5.74, 6) is 0. The molecule has 2 rings (SSSR count). The molecule has 0 radical (unpaired) electrons. The molecule has 2 saturated carbocycles. The third-order valence-electron chi connectivity index (χ3n) is 2.91. The van der Waals surface area contributed by atoms with Crippen LogP contribution in [-0.4, -0.2) is 4.83 Å². The quantitative estimate of drug-likeness (QED) is 0.496. The van der Waals surface area contributed by atoms with Gasteiger partial charge in [0.1, 0.15) is 0 Å². The molecule has 0 aromatic rings. The summed E-state index contributed by atoms with van der Waals surface area (Å²) in [5.41, 5.74) is 0.819. The molecule has 0 N–H and O–H groups in total. The van der Waals surface area contributed by atoms with Gasteiger partial charge < -0.3 is 0 Å². The summed E-state index contributed by atoms with van der Waals surface area (Å²) >= 11 is 3.69. The van der Waals surface area contributed by atoms with E-state index in [9.17, 15) is 0 Å². The maximum atomic E-state index is 3.69. The topological polar surface area (TPSA) is 0 Å². The van der Waals surface area contributed by atoms with Crippen molar-refractivity contribution in [2.75, 3.05) is 0 Å². The normalized spacial score (nSPS) is 40.9. The van der Waals surface area contributed by atoms with Crippen LogP contribution in [0.5, 0.6) is 0 Å². The van der Waals surface area contributed by atoms with E-state index in [4.69, 9.17) is 0 Å². The van der Waals surface area contributed by atoms with Crippen LogP contribution in [0, 0.1) is 5.41 Å². The van der Waals surface area contributed by atoms with Crippen LogP contribution in [-0.2, 0) is 0 Å². The lowest BCUT2D eigenvalue weighted by atomic mass is 9.56. The van der Waals surface area contributed by atoms with Crippen molar-refractivity contribution in [2.45, 2.75) is 36.9 Å². The van der Waals surface area contributed by atoms with Gasteiger partial charge in [-0.25, -0.2) is 0 Å². The van der Waals surface area contributed by atoms with E-state index in [1.807, 2.05) is 0 Å². The first-order valence-electron chi connectivity index (χ1n) is 3.48. The van der Waals surface area contributed by atoms with Crippen molar-refractivity contribution in [3.8, 4) is 0 Å². The maximum Gasteiger partial charge on any atom is 0.0202 e. The highest BCUT2D eigenvalue weighted by Gasteiger charge is 2.49. The molecule has 0 nitrogen and oxygen atoms in total. The monoisotopic (exact) mass is 174 g/mol. The fraction of sp³-hybridized carbons (Fsp3) is 1.00. The second-order valence-electron chi connectivity index (χ2n) is 3.22. The number of rotatable bonds is 0. The second kappa shape index (κ2) is 1.50. The average molecular weight is 175 g/mol. The summed E-state index contributed by atoms with van der Waals surface area (Å²) in [5, 5.41) is 0. The Kier molecular flexibility index (Phi) is 0.989. The Morgan fingerprint density at radius 2 is 2.00 bits per heavy atom. The highest BCUT2D eigenvalue weighted by Crippen LogP contribution is 2.58. The molecule has 2 aliphatic carbocycles. The third kappa shape index (κ3) is 0.464. The van der Waals surface area contributed by atoms with Crippen LogP contribution in [0.15, 0.2) is 0 Å². The molecular formula is C7H11Br. The molecule has 0 heterocycles. The maximum absolute atomic E-state index is 3.69. The van der Waals surface area contributed by atoms with Gasteiger partial charge in [0, 0.05) is 4.83 Å². The number of halogens is 1. The second-order valence-corrected chi connectivity index (χ2v) is 4.33. The Morgan fingerprint density at radius 3 is 2.00 bits per heavy atom. The third-order valence-corrected chi connectivity index (χ3v) is 4.34. The van der Waals surface area contributed by atoms with Gasteiger partial charge in [-0.05, 0) is 31.1 Å². The van der Waals surface area contributed by atoms with Gasteiger partial charge in [-0.15, -0.1) is 0 Å². The number of hydrogen-bond donors (Lipinski definition) is 0. The van der Waals surface area contributed by atoms with Crippen molar-refractivity contribution in [1.29, 1.82) is 0 Å². The Balaban J connectivity index is 2.03. The lowest BCUT2D eigenvalue weighted by Gasteiger charge is -2.53. The molecule has 0 aromatic carbocycles. The summed E-state index contributed by atoms with van der Waals surface area (Å²) in [7, 11) is 0. The van der Waals surface area contributed by atoms with E-state index in [1.165, 1.54) is 32.1 Å². The van der Waals surface area contributed by atoms with Crippen LogP contribution < -0.4 is 0 Å². The zero-order valence-electron chi connectivity index (χ0n) is 4.99. The van der Waals surface area contributed by atoms with E-state index in [-0.39, 0.29) is 0 Å². The molecule has 1 atom stereocenters. The predicted molar refractivity (Wildman–Crippen MR) is 38.2 cm³/mol. The zero-order chi connectivity index (χ0) is 5.61. The van der Waals surface area contributed by atoms with Crippen LogP contribution in [0.25, 0.3) is 0 Å². The highest BCUT2D eigenvalue weighted by atomic mass is 79.9.